The topological polar surface area (TPSA) is 57.5 Å². The van der Waals surface area contributed by atoms with Gasteiger partial charge in [-0.3, -0.25) is 0 Å². The van der Waals surface area contributed by atoms with E-state index in [4.69, 9.17) is 12.2 Å². The molecule has 0 atom stereocenters. The standard InChI is InChI=1S/C7H8.H2O3Se/c1-7-5-3-2-4-6-7;1-4(2)3/h2-6H,1H3;(H2,1,2,3). The molecule has 62 valence electrons. The van der Waals surface area contributed by atoms with Crippen molar-refractivity contribution in [3.8, 4) is 0 Å². The van der Waals surface area contributed by atoms with Crippen molar-refractivity contribution in [3.05, 3.63) is 35.9 Å². The van der Waals surface area contributed by atoms with E-state index in [9.17, 15) is 0 Å². The Morgan fingerprint density at radius 1 is 1.18 bits per heavy atom. The zero-order chi connectivity index (χ0) is 8.69. The van der Waals surface area contributed by atoms with Crippen LogP contribution in [-0.4, -0.2) is 22.9 Å². The summed E-state index contributed by atoms with van der Waals surface area (Å²) in [6.45, 7) is 2.08. The normalized spacial score (nSPS) is 8.73. The molecule has 3 nitrogen and oxygen atoms in total. The van der Waals surface area contributed by atoms with Gasteiger partial charge in [-0.05, 0) is 6.92 Å². The van der Waals surface area contributed by atoms with Crippen LogP contribution in [0.1, 0.15) is 5.56 Å². The maximum atomic E-state index is 8.76. The molecule has 4 heteroatoms. The number of hydrogen-bond donors (Lipinski definition) is 2. The molecule has 0 saturated heterocycles. The molecule has 0 aliphatic carbocycles. The van der Waals surface area contributed by atoms with Gasteiger partial charge in [0.25, 0.3) is 0 Å². The van der Waals surface area contributed by atoms with E-state index in [1.807, 2.05) is 18.2 Å². The van der Waals surface area contributed by atoms with Crippen molar-refractivity contribution in [2.45, 2.75) is 6.92 Å². The fourth-order valence-corrected chi connectivity index (χ4v) is 0.534. The third kappa shape index (κ3) is 9.46. The molecule has 1 aromatic rings. The molecule has 1 aromatic carbocycles. The summed E-state index contributed by atoms with van der Waals surface area (Å²) in [5.41, 5.74) is 1.32. The van der Waals surface area contributed by atoms with Gasteiger partial charge in [-0.25, -0.2) is 0 Å². The van der Waals surface area contributed by atoms with Gasteiger partial charge in [0.2, 0.25) is 0 Å². The van der Waals surface area contributed by atoms with E-state index < -0.39 is 14.5 Å². The molecular weight excluding hydrogens is 211 g/mol. The van der Waals surface area contributed by atoms with E-state index in [-0.39, 0.29) is 0 Å². The van der Waals surface area contributed by atoms with Crippen LogP contribution >= 0.6 is 0 Å². The minimum absolute atomic E-state index is 1.32. The summed E-state index contributed by atoms with van der Waals surface area (Å²) in [6, 6.07) is 10.3. The molecule has 0 aliphatic rings. The van der Waals surface area contributed by atoms with Crippen molar-refractivity contribution in [1.29, 1.82) is 0 Å². The molecular formula is C7H10O3Se. The Morgan fingerprint density at radius 3 is 1.73 bits per heavy atom. The first-order valence-electron chi connectivity index (χ1n) is 2.94. The van der Waals surface area contributed by atoms with Crippen molar-refractivity contribution >= 4 is 14.5 Å². The summed E-state index contributed by atoms with van der Waals surface area (Å²) in [5, 5.41) is 0. The predicted octanol–water partition coefficient (Wildman–Crippen LogP) is 0.381. The molecule has 0 fully saturated rings. The molecule has 0 aromatic heterocycles. The summed E-state index contributed by atoms with van der Waals surface area (Å²) >= 11 is -3.29. The van der Waals surface area contributed by atoms with Crippen LogP contribution in [0.15, 0.2) is 30.3 Å². The van der Waals surface area contributed by atoms with Crippen molar-refractivity contribution < 1.29 is 12.2 Å². The Kier molecular flexibility index (Phi) is 5.88. The van der Waals surface area contributed by atoms with Gasteiger partial charge < -0.3 is 0 Å². The predicted molar refractivity (Wildman–Crippen MR) is 42.1 cm³/mol. The summed E-state index contributed by atoms with van der Waals surface area (Å²) in [4.78, 5) is 0. The summed E-state index contributed by atoms with van der Waals surface area (Å²) in [6.07, 6.45) is 0. The van der Waals surface area contributed by atoms with Crippen LogP contribution in [0.4, 0.5) is 0 Å². The number of benzene rings is 1. The monoisotopic (exact) mass is 222 g/mol. The second kappa shape index (κ2) is 6.19. The van der Waals surface area contributed by atoms with Gasteiger partial charge >= 0.3 is 26.7 Å². The van der Waals surface area contributed by atoms with Crippen LogP contribution in [0.25, 0.3) is 0 Å². The molecule has 11 heavy (non-hydrogen) atoms. The van der Waals surface area contributed by atoms with Crippen molar-refractivity contribution in [2.24, 2.45) is 0 Å². The fraction of sp³-hybridized carbons (Fsp3) is 0.143. The Hall–Kier alpha value is -0.541. The molecule has 0 bridgehead atoms. The van der Waals surface area contributed by atoms with Crippen LogP contribution < -0.4 is 0 Å². The molecule has 0 spiro atoms. The van der Waals surface area contributed by atoms with E-state index >= 15 is 0 Å². The summed E-state index contributed by atoms with van der Waals surface area (Å²) in [5.74, 6) is 0. The summed E-state index contributed by atoms with van der Waals surface area (Å²) < 4.78 is 23.1. The first-order valence-corrected chi connectivity index (χ1v) is 5.17. The summed E-state index contributed by atoms with van der Waals surface area (Å²) in [7, 11) is 0. The van der Waals surface area contributed by atoms with Crippen molar-refractivity contribution in [3.63, 3.8) is 0 Å². The van der Waals surface area contributed by atoms with Gasteiger partial charge in [0, 0.05) is 0 Å². The van der Waals surface area contributed by atoms with Gasteiger partial charge in [0.1, 0.15) is 0 Å². The quantitative estimate of drug-likeness (QED) is 0.623. The fourth-order valence-electron chi connectivity index (χ4n) is 0.534. The van der Waals surface area contributed by atoms with E-state index in [2.05, 4.69) is 19.1 Å². The molecule has 1 rings (SSSR count). The van der Waals surface area contributed by atoms with Crippen molar-refractivity contribution in [2.75, 3.05) is 0 Å². The molecule has 0 heterocycles. The second-order valence-corrected chi connectivity index (χ2v) is 2.85. The molecule has 0 radical (unpaired) electrons. The maximum absolute atomic E-state index is 8.76. The average molecular weight is 221 g/mol. The van der Waals surface area contributed by atoms with Gasteiger partial charge in [0.15, 0.2) is 0 Å². The zero-order valence-electron chi connectivity index (χ0n) is 6.10. The zero-order valence-corrected chi connectivity index (χ0v) is 7.81. The Balaban J connectivity index is 0.000000218. The number of hydrogen-bond acceptors (Lipinski definition) is 1. The Morgan fingerprint density at radius 2 is 1.55 bits per heavy atom. The number of rotatable bonds is 0. The molecule has 0 saturated carbocycles. The van der Waals surface area contributed by atoms with Gasteiger partial charge in [0.05, 0.1) is 0 Å². The van der Waals surface area contributed by atoms with Crippen LogP contribution in [-0.2, 0) is 3.83 Å². The van der Waals surface area contributed by atoms with Gasteiger partial charge in [-0.15, -0.1) is 0 Å². The third-order valence-corrected chi connectivity index (χ3v) is 0.940. The van der Waals surface area contributed by atoms with E-state index in [0.717, 1.165) is 0 Å². The van der Waals surface area contributed by atoms with Gasteiger partial charge in [-0.1, -0.05) is 35.9 Å². The van der Waals surface area contributed by atoms with Gasteiger partial charge in [-0.2, -0.15) is 0 Å². The first-order chi connectivity index (χ1) is 5.13. The third-order valence-electron chi connectivity index (χ3n) is 0.940. The molecule has 0 unspecified atom stereocenters. The first kappa shape index (κ1) is 10.5. The Bertz CT molecular complexity index is 206. The van der Waals surface area contributed by atoms with Crippen LogP contribution in [0.5, 0.6) is 0 Å². The van der Waals surface area contributed by atoms with E-state index in [1.165, 1.54) is 5.56 Å². The van der Waals surface area contributed by atoms with Crippen LogP contribution in [0.3, 0.4) is 0 Å². The van der Waals surface area contributed by atoms with E-state index in [0.29, 0.717) is 0 Å². The second-order valence-electron chi connectivity index (χ2n) is 1.89. The van der Waals surface area contributed by atoms with Crippen molar-refractivity contribution in [1.82, 2.24) is 0 Å². The molecule has 0 aliphatic heterocycles. The average Bonchev–Trinajstić information content (AvgIpc) is 1.87. The SMILES string of the molecule is Cc1ccccc1.O=[Se](O)O. The van der Waals surface area contributed by atoms with E-state index in [1.54, 1.807) is 0 Å². The Labute approximate surface area is 70.0 Å². The number of aryl methyl sites for hydroxylation is 1. The molecule has 0 amide bonds. The van der Waals surface area contributed by atoms with Crippen LogP contribution in [0.2, 0.25) is 0 Å². The van der Waals surface area contributed by atoms with Crippen LogP contribution in [0, 0.1) is 6.92 Å². The minimum atomic E-state index is -3.29. The molecule has 2 N–H and O–H groups in total.